The molecule has 0 amide bonds. The minimum absolute atomic E-state index is 0.472. The van der Waals surface area contributed by atoms with Crippen LogP contribution < -0.4 is 0 Å². The van der Waals surface area contributed by atoms with E-state index in [0.717, 1.165) is 21.4 Å². The van der Waals surface area contributed by atoms with Crippen molar-refractivity contribution in [3.05, 3.63) is 40.5 Å². The van der Waals surface area contributed by atoms with Gasteiger partial charge in [-0.15, -0.1) is 0 Å². The Hall–Kier alpha value is -1.14. The SMILES string of the molecule is CC(C)(C)OC(=O)n1nc(-c2ccc(Br)cc2)cc1CBr. The number of hydrogen-bond acceptors (Lipinski definition) is 3. The van der Waals surface area contributed by atoms with Crippen LogP contribution in [0.1, 0.15) is 26.5 Å². The summed E-state index contributed by atoms with van der Waals surface area (Å²) in [6.07, 6.45) is -0.472. The van der Waals surface area contributed by atoms with Crippen LogP contribution in [-0.2, 0) is 10.1 Å². The van der Waals surface area contributed by atoms with Crippen LogP contribution in [0.15, 0.2) is 34.8 Å². The molecule has 0 radical (unpaired) electrons. The average Bonchev–Trinajstić information content (AvgIpc) is 2.82. The van der Waals surface area contributed by atoms with Crippen LogP contribution in [0.3, 0.4) is 0 Å². The van der Waals surface area contributed by atoms with E-state index in [-0.39, 0.29) is 0 Å². The van der Waals surface area contributed by atoms with Crippen LogP contribution in [0.4, 0.5) is 4.79 Å². The van der Waals surface area contributed by atoms with Gasteiger partial charge in [0.25, 0.3) is 0 Å². The summed E-state index contributed by atoms with van der Waals surface area (Å²) in [4.78, 5) is 12.2. The van der Waals surface area contributed by atoms with Crippen LogP contribution in [0, 0.1) is 0 Å². The van der Waals surface area contributed by atoms with Gasteiger partial charge in [0.15, 0.2) is 0 Å². The molecule has 1 aromatic heterocycles. The molecule has 2 rings (SSSR count). The summed E-state index contributed by atoms with van der Waals surface area (Å²) in [5, 5.41) is 4.89. The van der Waals surface area contributed by atoms with Crippen molar-refractivity contribution in [2.75, 3.05) is 0 Å². The molecule has 21 heavy (non-hydrogen) atoms. The summed E-state index contributed by atoms with van der Waals surface area (Å²) in [6, 6.07) is 9.65. The van der Waals surface area contributed by atoms with Crippen molar-refractivity contribution in [1.29, 1.82) is 0 Å². The summed E-state index contributed by atoms with van der Waals surface area (Å²) in [7, 11) is 0. The second-order valence-corrected chi connectivity index (χ2v) is 7.03. The molecule has 1 heterocycles. The van der Waals surface area contributed by atoms with Crippen molar-refractivity contribution in [3.8, 4) is 11.3 Å². The first-order valence-corrected chi connectivity index (χ1v) is 8.36. The summed E-state index contributed by atoms with van der Waals surface area (Å²) in [5.41, 5.74) is 1.89. The van der Waals surface area contributed by atoms with Crippen molar-refractivity contribution in [3.63, 3.8) is 0 Å². The molecule has 6 heteroatoms. The Morgan fingerprint density at radius 2 is 1.90 bits per heavy atom. The van der Waals surface area contributed by atoms with Crippen molar-refractivity contribution in [2.24, 2.45) is 0 Å². The van der Waals surface area contributed by atoms with Crippen LogP contribution in [0.5, 0.6) is 0 Å². The Balaban J connectivity index is 2.35. The van der Waals surface area contributed by atoms with Gasteiger partial charge in [-0.2, -0.15) is 9.78 Å². The fraction of sp³-hybridized carbons (Fsp3) is 0.333. The fourth-order valence-corrected chi connectivity index (χ4v) is 2.40. The Morgan fingerprint density at radius 1 is 1.29 bits per heavy atom. The van der Waals surface area contributed by atoms with Gasteiger partial charge in [-0.05, 0) is 39.0 Å². The number of halogens is 2. The predicted molar refractivity (Wildman–Crippen MR) is 89.6 cm³/mol. The lowest BCUT2D eigenvalue weighted by atomic mass is 10.1. The van der Waals surface area contributed by atoms with E-state index in [9.17, 15) is 4.79 Å². The third-order valence-electron chi connectivity index (χ3n) is 2.63. The monoisotopic (exact) mass is 414 g/mol. The number of carbonyl (C=O) groups is 1. The maximum Gasteiger partial charge on any atom is 0.435 e. The zero-order valence-electron chi connectivity index (χ0n) is 12.1. The third-order valence-corrected chi connectivity index (χ3v) is 3.73. The molecule has 0 aliphatic rings. The quantitative estimate of drug-likeness (QED) is 0.649. The van der Waals surface area contributed by atoms with E-state index in [1.807, 2.05) is 51.1 Å². The highest BCUT2D eigenvalue weighted by molar-refractivity contribution is 9.10. The van der Waals surface area contributed by atoms with E-state index in [2.05, 4.69) is 37.0 Å². The van der Waals surface area contributed by atoms with Gasteiger partial charge in [0.05, 0.1) is 11.4 Å². The molecule has 0 unspecified atom stereocenters. The minimum Gasteiger partial charge on any atom is -0.442 e. The highest BCUT2D eigenvalue weighted by Crippen LogP contribution is 2.23. The number of aromatic nitrogens is 2. The van der Waals surface area contributed by atoms with Crippen LogP contribution >= 0.6 is 31.9 Å². The van der Waals surface area contributed by atoms with Crippen molar-refractivity contribution >= 4 is 38.0 Å². The number of nitrogens with zero attached hydrogens (tertiary/aromatic N) is 2. The Kier molecular flexibility index (Phi) is 4.88. The predicted octanol–water partition coefficient (Wildman–Crippen LogP) is 4.99. The number of benzene rings is 1. The molecule has 0 saturated heterocycles. The molecule has 0 aliphatic carbocycles. The topological polar surface area (TPSA) is 44.1 Å². The third kappa shape index (κ3) is 4.17. The molecular formula is C15H16Br2N2O2. The number of hydrogen-bond donors (Lipinski definition) is 0. The molecule has 4 nitrogen and oxygen atoms in total. The molecule has 1 aromatic carbocycles. The highest BCUT2D eigenvalue weighted by Gasteiger charge is 2.21. The lowest BCUT2D eigenvalue weighted by molar-refractivity contribution is 0.0511. The molecule has 0 bridgehead atoms. The van der Waals surface area contributed by atoms with E-state index >= 15 is 0 Å². The average molecular weight is 416 g/mol. The second-order valence-electron chi connectivity index (χ2n) is 5.55. The lowest BCUT2D eigenvalue weighted by Crippen LogP contribution is -2.28. The first-order valence-electron chi connectivity index (χ1n) is 6.44. The van der Waals surface area contributed by atoms with E-state index < -0.39 is 11.7 Å². The molecule has 0 N–H and O–H groups in total. The summed E-state index contributed by atoms with van der Waals surface area (Å²) in [6.45, 7) is 5.49. The Bertz CT molecular complexity index is 643. The zero-order valence-corrected chi connectivity index (χ0v) is 15.2. The summed E-state index contributed by atoms with van der Waals surface area (Å²) >= 11 is 6.78. The molecule has 0 spiro atoms. The Morgan fingerprint density at radius 3 is 2.43 bits per heavy atom. The fourth-order valence-electron chi connectivity index (χ4n) is 1.74. The Labute approximate surface area is 140 Å². The van der Waals surface area contributed by atoms with Gasteiger partial charge in [-0.1, -0.05) is 44.0 Å². The van der Waals surface area contributed by atoms with E-state index in [1.54, 1.807) is 0 Å². The van der Waals surface area contributed by atoms with Gasteiger partial charge in [-0.3, -0.25) is 0 Å². The molecule has 0 fully saturated rings. The minimum atomic E-state index is -0.551. The van der Waals surface area contributed by atoms with Crippen LogP contribution in [-0.4, -0.2) is 21.5 Å². The van der Waals surface area contributed by atoms with Crippen LogP contribution in [0.2, 0.25) is 0 Å². The van der Waals surface area contributed by atoms with E-state index in [4.69, 9.17) is 4.74 Å². The first kappa shape index (κ1) is 16.2. The van der Waals surface area contributed by atoms with Crippen molar-refractivity contribution in [2.45, 2.75) is 31.7 Å². The standard InChI is InChI=1S/C15H16Br2N2O2/c1-15(2,3)21-14(20)19-12(9-16)8-13(18-19)10-4-6-11(17)7-5-10/h4-8H,9H2,1-3H3. The van der Waals surface area contributed by atoms with Crippen molar-refractivity contribution < 1.29 is 9.53 Å². The van der Waals surface area contributed by atoms with Gasteiger partial charge in [-0.25, -0.2) is 4.79 Å². The van der Waals surface area contributed by atoms with Gasteiger partial charge in [0.1, 0.15) is 5.60 Å². The highest BCUT2D eigenvalue weighted by atomic mass is 79.9. The van der Waals surface area contributed by atoms with Crippen LogP contribution in [0.25, 0.3) is 11.3 Å². The van der Waals surface area contributed by atoms with Gasteiger partial charge in [0.2, 0.25) is 0 Å². The van der Waals surface area contributed by atoms with Gasteiger partial charge in [0, 0.05) is 15.4 Å². The van der Waals surface area contributed by atoms with E-state index in [1.165, 1.54) is 4.68 Å². The number of rotatable bonds is 2. The summed E-state index contributed by atoms with van der Waals surface area (Å²) < 4.78 is 7.67. The summed E-state index contributed by atoms with van der Waals surface area (Å²) in [5.74, 6) is 0. The number of alkyl halides is 1. The first-order chi connectivity index (χ1) is 9.80. The molecule has 0 saturated carbocycles. The molecule has 112 valence electrons. The lowest BCUT2D eigenvalue weighted by Gasteiger charge is -2.19. The maximum atomic E-state index is 12.2. The maximum absolute atomic E-state index is 12.2. The molecule has 0 atom stereocenters. The largest absolute Gasteiger partial charge is 0.442 e. The second kappa shape index (κ2) is 6.32. The molecule has 2 aromatic rings. The smallest absolute Gasteiger partial charge is 0.435 e. The number of ether oxygens (including phenoxy) is 1. The van der Waals surface area contributed by atoms with E-state index in [0.29, 0.717) is 5.33 Å². The molecule has 0 aliphatic heterocycles. The van der Waals surface area contributed by atoms with Gasteiger partial charge >= 0.3 is 6.09 Å². The zero-order chi connectivity index (χ0) is 15.6. The normalized spacial score (nSPS) is 11.5. The van der Waals surface area contributed by atoms with Gasteiger partial charge < -0.3 is 4.74 Å². The number of carbonyl (C=O) groups excluding carboxylic acids is 1. The van der Waals surface area contributed by atoms with Crippen molar-refractivity contribution in [1.82, 2.24) is 9.78 Å². The molecular weight excluding hydrogens is 400 g/mol.